The number of nitrogens with zero attached hydrogens (tertiary/aromatic N) is 1. The fourth-order valence-electron chi connectivity index (χ4n) is 5.71. The third kappa shape index (κ3) is 12.9. The number of nitrogens with one attached hydrogen (secondary N) is 5. The van der Waals surface area contributed by atoms with Crippen molar-refractivity contribution in [3.05, 3.63) is 71.4 Å². The third-order valence-corrected chi connectivity index (χ3v) is 9.01. The van der Waals surface area contributed by atoms with Gasteiger partial charge in [-0.05, 0) is 61.8 Å². The third-order valence-electron chi connectivity index (χ3n) is 8.36. The van der Waals surface area contributed by atoms with Gasteiger partial charge in [0.25, 0.3) is 0 Å². The number of ketones is 1. The lowest BCUT2D eigenvalue weighted by Gasteiger charge is -2.25. The number of thioether (sulfide) groups is 1. The van der Waals surface area contributed by atoms with E-state index in [0.29, 0.717) is 33.3 Å². The van der Waals surface area contributed by atoms with Crippen molar-refractivity contribution in [1.29, 1.82) is 0 Å². The molecule has 0 saturated heterocycles. The van der Waals surface area contributed by atoms with Crippen molar-refractivity contribution in [1.82, 2.24) is 26.3 Å². The second-order valence-corrected chi connectivity index (χ2v) is 13.6. The minimum atomic E-state index is -1.28. The fourth-order valence-corrected chi connectivity index (χ4v) is 6.18. The molecular weight excluding hydrogens is 703 g/mol. The van der Waals surface area contributed by atoms with Gasteiger partial charge >= 0.3 is 5.97 Å². The molecule has 5 atom stereocenters. The van der Waals surface area contributed by atoms with E-state index in [0.717, 1.165) is 0 Å². The van der Waals surface area contributed by atoms with Crippen LogP contribution in [-0.4, -0.2) is 100 Å². The van der Waals surface area contributed by atoms with Crippen molar-refractivity contribution >= 4 is 64.0 Å². The average Bonchev–Trinajstić information content (AvgIpc) is 3.53. The first-order valence-corrected chi connectivity index (χ1v) is 18.5. The van der Waals surface area contributed by atoms with Crippen LogP contribution in [0.4, 0.5) is 0 Å². The van der Waals surface area contributed by atoms with E-state index < -0.39 is 53.9 Å². The van der Waals surface area contributed by atoms with E-state index in [4.69, 9.17) is 17.2 Å². The van der Waals surface area contributed by atoms with E-state index in [1.165, 1.54) is 18.7 Å². The molecule has 2 aromatic carbocycles. The summed E-state index contributed by atoms with van der Waals surface area (Å²) < 4.78 is 0. The number of carbonyl (C=O) groups is 6. The minimum absolute atomic E-state index is 0.00925. The van der Waals surface area contributed by atoms with Crippen molar-refractivity contribution in [2.24, 2.45) is 22.2 Å². The zero-order valence-corrected chi connectivity index (χ0v) is 30.8. The van der Waals surface area contributed by atoms with Gasteiger partial charge in [0.15, 0.2) is 11.7 Å². The highest BCUT2D eigenvalue weighted by atomic mass is 32.2. The van der Waals surface area contributed by atoms with Gasteiger partial charge in [-0.3, -0.25) is 29.0 Å². The predicted octanol–water partition coefficient (Wildman–Crippen LogP) is 0.333. The maximum atomic E-state index is 13.7. The van der Waals surface area contributed by atoms with Gasteiger partial charge in [-0.1, -0.05) is 42.5 Å². The number of aromatic nitrogens is 1. The summed E-state index contributed by atoms with van der Waals surface area (Å²) in [5.74, 6) is -3.61. The summed E-state index contributed by atoms with van der Waals surface area (Å²) in [6.07, 6.45) is 4.06. The van der Waals surface area contributed by atoms with Gasteiger partial charge in [-0.15, -0.1) is 0 Å². The number of H-pyrrole nitrogens is 1. The van der Waals surface area contributed by atoms with Crippen LogP contribution in [0.15, 0.2) is 59.7 Å². The van der Waals surface area contributed by atoms with Crippen LogP contribution < -0.4 is 38.5 Å². The SMILES string of the molecule is CSCC[C@H](NC(=O)[C@@H](N)Cc1c[nH]c2cccc(C(=O)[C@H](C)NC(C)=O)c12)C(=O)N[C@@H](CCCN=C(N)N)C(=O)N[C@@H](Cc1ccccc1)C(=O)O. The number of nitrogens with two attached hydrogens (primary N) is 3. The molecule has 0 spiro atoms. The topological polar surface area (TPSA) is 277 Å². The van der Waals surface area contributed by atoms with Crippen LogP contribution in [0.5, 0.6) is 0 Å². The number of aromatic amines is 1. The van der Waals surface area contributed by atoms with Gasteiger partial charge in [0, 0.05) is 42.6 Å². The van der Waals surface area contributed by atoms with Gasteiger partial charge in [0.05, 0.1) is 12.1 Å². The van der Waals surface area contributed by atoms with E-state index in [9.17, 15) is 33.9 Å². The minimum Gasteiger partial charge on any atom is -0.480 e. The Labute approximate surface area is 311 Å². The standard InChI is InChI=1S/C36H49N9O7S/c1-20(42-21(2)46)31(47)24-11-7-12-26-30(24)23(19-41-26)18-25(37)32(48)43-28(14-16-53-3)34(50)44-27(13-8-15-40-36(38)39)33(49)45-29(35(51)52)17-22-9-5-4-6-10-22/h4-7,9-12,19-20,25,27-29,41H,8,13-18,37H2,1-3H3,(H,42,46)(H,43,48)(H,44,50)(H,45,49)(H,51,52)(H4,38,39,40)/t20-,25-,27-,28-,29-/m0/s1. The monoisotopic (exact) mass is 751 g/mol. The van der Waals surface area contributed by atoms with Gasteiger partial charge in [0.2, 0.25) is 23.6 Å². The number of Topliss-reactive ketones (excluding diaryl/α,β-unsaturated/α-hetero) is 1. The summed E-state index contributed by atoms with van der Waals surface area (Å²) in [6, 6.07) is 8.43. The maximum Gasteiger partial charge on any atom is 0.326 e. The number of guanidine groups is 1. The number of amides is 4. The lowest BCUT2D eigenvalue weighted by Crippen LogP contribution is -2.57. The molecular formula is C36H49N9O7S. The molecule has 53 heavy (non-hydrogen) atoms. The van der Waals surface area contributed by atoms with E-state index in [2.05, 4.69) is 31.2 Å². The highest BCUT2D eigenvalue weighted by molar-refractivity contribution is 7.98. The van der Waals surface area contributed by atoms with Crippen molar-refractivity contribution in [3.8, 4) is 0 Å². The number of carbonyl (C=O) groups excluding carboxylic acids is 5. The van der Waals surface area contributed by atoms with Crippen molar-refractivity contribution in [3.63, 3.8) is 0 Å². The lowest BCUT2D eigenvalue weighted by molar-refractivity contribution is -0.142. The van der Waals surface area contributed by atoms with Gasteiger partial charge < -0.3 is 48.6 Å². The number of aliphatic imine (C=N–C) groups is 1. The van der Waals surface area contributed by atoms with Crippen molar-refractivity contribution in [2.45, 2.75) is 76.2 Å². The first-order valence-electron chi connectivity index (χ1n) is 17.1. The van der Waals surface area contributed by atoms with Crippen LogP contribution in [0, 0.1) is 0 Å². The van der Waals surface area contributed by atoms with Crippen LogP contribution in [-0.2, 0) is 36.8 Å². The Bertz CT molecular complexity index is 1780. The first-order chi connectivity index (χ1) is 25.2. The summed E-state index contributed by atoms with van der Waals surface area (Å²) in [4.78, 5) is 84.6. The quantitative estimate of drug-likeness (QED) is 0.0310. The molecule has 1 aromatic heterocycles. The molecule has 0 bridgehead atoms. The fraction of sp³-hybridized carbons (Fsp3) is 0.417. The normalized spacial score (nSPS) is 13.8. The Morgan fingerprint density at radius 1 is 0.849 bits per heavy atom. The highest BCUT2D eigenvalue weighted by Crippen LogP contribution is 2.25. The smallest absolute Gasteiger partial charge is 0.326 e. The number of rotatable bonds is 21. The van der Waals surface area contributed by atoms with Crippen LogP contribution in [0.25, 0.3) is 10.9 Å². The summed E-state index contributed by atoms with van der Waals surface area (Å²) in [6.45, 7) is 3.06. The van der Waals surface area contributed by atoms with Crippen LogP contribution in [0.2, 0.25) is 0 Å². The summed E-state index contributed by atoms with van der Waals surface area (Å²) in [7, 11) is 0. The van der Waals surface area contributed by atoms with Gasteiger partial charge in [0.1, 0.15) is 18.1 Å². The maximum absolute atomic E-state index is 13.7. The zero-order valence-electron chi connectivity index (χ0n) is 30.0. The van der Waals surface area contributed by atoms with Crippen LogP contribution in [0.3, 0.4) is 0 Å². The number of carboxylic acids is 1. The molecule has 0 aliphatic heterocycles. The van der Waals surface area contributed by atoms with E-state index in [-0.39, 0.29) is 56.3 Å². The van der Waals surface area contributed by atoms with Crippen LogP contribution >= 0.6 is 11.8 Å². The molecule has 12 N–H and O–H groups in total. The second kappa shape index (κ2) is 20.6. The molecule has 286 valence electrons. The molecule has 4 amide bonds. The Kier molecular flexibility index (Phi) is 16.3. The molecule has 0 fully saturated rings. The average molecular weight is 752 g/mol. The number of fused-ring (bicyclic) bond motifs is 1. The van der Waals surface area contributed by atoms with Crippen molar-refractivity contribution < 1.29 is 33.9 Å². The molecule has 0 unspecified atom stereocenters. The summed E-state index contributed by atoms with van der Waals surface area (Å²) in [5.41, 5.74) is 19.5. The molecule has 1 heterocycles. The number of hydrogen-bond acceptors (Lipinski definition) is 9. The van der Waals surface area contributed by atoms with E-state index in [1.807, 2.05) is 6.26 Å². The predicted molar refractivity (Wildman–Crippen MR) is 204 cm³/mol. The number of aliphatic carboxylic acids is 1. The summed E-state index contributed by atoms with van der Waals surface area (Å²) >= 11 is 1.45. The zero-order chi connectivity index (χ0) is 39.1. The van der Waals surface area contributed by atoms with Crippen LogP contribution in [0.1, 0.15) is 54.6 Å². The molecule has 0 radical (unpaired) electrons. The van der Waals surface area contributed by atoms with Gasteiger partial charge in [-0.2, -0.15) is 11.8 Å². The molecule has 17 heteroatoms. The Balaban J connectivity index is 1.78. The number of carboxylic acid groups (broad SMARTS) is 1. The highest BCUT2D eigenvalue weighted by Gasteiger charge is 2.31. The Hall–Kier alpha value is -5.42. The first kappa shape index (κ1) is 42.0. The van der Waals surface area contributed by atoms with Crippen molar-refractivity contribution in [2.75, 3.05) is 18.6 Å². The van der Waals surface area contributed by atoms with Gasteiger partial charge in [-0.25, -0.2) is 4.79 Å². The van der Waals surface area contributed by atoms with E-state index >= 15 is 0 Å². The molecule has 0 aliphatic rings. The molecule has 16 nitrogen and oxygen atoms in total. The molecule has 0 saturated carbocycles. The Morgan fingerprint density at radius 2 is 1.49 bits per heavy atom. The molecule has 3 aromatic rings. The number of hydrogen-bond donors (Lipinski definition) is 9. The Morgan fingerprint density at radius 3 is 2.11 bits per heavy atom. The summed E-state index contributed by atoms with van der Waals surface area (Å²) in [5, 5.41) is 21.0. The largest absolute Gasteiger partial charge is 0.480 e. The van der Waals surface area contributed by atoms with E-state index in [1.54, 1.807) is 61.7 Å². The molecule has 3 rings (SSSR count). The molecule has 0 aliphatic carbocycles. The number of benzene rings is 2. The lowest BCUT2D eigenvalue weighted by atomic mass is 9.96. The second-order valence-electron chi connectivity index (χ2n) is 12.6.